The Hall–Kier alpha value is -1.26. The van der Waals surface area contributed by atoms with Crippen molar-refractivity contribution in [2.24, 2.45) is 0 Å². The maximum absolute atomic E-state index is 12.8. The highest BCUT2D eigenvalue weighted by molar-refractivity contribution is 9.10. The molecule has 0 atom stereocenters. The highest BCUT2D eigenvalue weighted by Gasteiger charge is 2.07. The number of halogens is 3. The van der Waals surface area contributed by atoms with Crippen molar-refractivity contribution in [3.05, 3.63) is 51.7 Å². The van der Waals surface area contributed by atoms with Crippen molar-refractivity contribution in [3.63, 3.8) is 0 Å². The molecular weight excluding hydrogens is 308 g/mol. The van der Waals surface area contributed by atoms with Crippen molar-refractivity contribution >= 4 is 33.2 Å². The second-order valence-corrected chi connectivity index (χ2v) is 4.68. The maximum Gasteiger partial charge on any atom is 0.150 e. The minimum Gasteiger partial charge on any atom is -0.454 e. The van der Waals surface area contributed by atoms with Gasteiger partial charge in [-0.25, -0.2) is 4.39 Å². The number of ether oxygens (including phenoxy) is 1. The van der Waals surface area contributed by atoms with E-state index in [-0.39, 0.29) is 5.02 Å². The van der Waals surface area contributed by atoms with Crippen LogP contribution in [0.25, 0.3) is 0 Å². The first-order valence-electron chi connectivity index (χ1n) is 4.74. The van der Waals surface area contributed by atoms with Crippen LogP contribution in [0.3, 0.4) is 0 Å². The molecule has 0 saturated carbocycles. The fourth-order valence-electron chi connectivity index (χ4n) is 1.29. The lowest BCUT2D eigenvalue weighted by molar-refractivity contribution is 0.483. The van der Waals surface area contributed by atoms with Crippen LogP contribution < -0.4 is 10.5 Å². The van der Waals surface area contributed by atoms with Crippen LogP contribution in [-0.2, 0) is 0 Å². The van der Waals surface area contributed by atoms with Gasteiger partial charge in [0.1, 0.15) is 17.3 Å². The molecule has 0 aliphatic carbocycles. The third-order valence-electron chi connectivity index (χ3n) is 2.09. The first kappa shape index (κ1) is 12.2. The normalized spacial score (nSPS) is 10.3. The molecule has 0 radical (unpaired) electrons. The Balaban J connectivity index is 2.31. The van der Waals surface area contributed by atoms with Crippen molar-refractivity contribution in [1.29, 1.82) is 0 Å². The van der Waals surface area contributed by atoms with Crippen LogP contribution in [0.1, 0.15) is 0 Å². The van der Waals surface area contributed by atoms with E-state index < -0.39 is 5.82 Å². The van der Waals surface area contributed by atoms with Crippen molar-refractivity contribution in [1.82, 2.24) is 0 Å². The lowest BCUT2D eigenvalue weighted by Crippen LogP contribution is -1.92. The summed E-state index contributed by atoms with van der Waals surface area (Å²) in [4.78, 5) is 0. The zero-order valence-electron chi connectivity index (χ0n) is 8.58. The number of nitrogen functional groups attached to an aromatic ring is 1. The molecule has 17 heavy (non-hydrogen) atoms. The van der Waals surface area contributed by atoms with Crippen LogP contribution in [0.5, 0.6) is 11.5 Å². The lowest BCUT2D eigenvalue weighted by atomic mass is 10.3. The minimum atomic E-state index is -0.411. The molecule has 0 heterocycles. The van der Waals surface area contributed by atoms with Crippen LogP contribution in [0, 0.1) is 5.82 Å². The predicted octanol–water partition coefficient (Wildman–Crippen LogP) is 4.62. The second-order valence-electron chi connectivity index (χ2n) is 3.36. The first-order valence-corrected chi connectivity index (χ1v) is 5.91. The topological polar surface area (TPSA) is 35.2 Å². The quantitative estimate of drug-likeness (QED) is 0.821. The van der Waals surface area contributed by atoms with Crippen molar-refractivity contribution in [3.8, 4) is 11.5 Å². The number of hydrogen-bond acceptors (Lipinski definition) is 2. The number of rotatable bonds is 2. The fraction of sp³-hybridized carbons (Fsp3) is 0. The predicted molar refractivity (Wildman–Crippen MR) is 70.0 cm³/mol. The molecular formula is C12H8BrClFNO. The van der Waals surface area contributed by atoms with E-state index in [2.05, 4.69) is 15.9 Å². The fourth-order valence-corrected chi connectivity index (χ4v) is 1.87. The van der Waals surface area contributed by atoms with Gasteiger partial charge in [0.25, 0.3) is 0 Å². The van der Waals surface area contributed by atoms with Gasteiger partial charge >= 0.3 is 0 Å². The Bertz CT molecular complexity index is 513. The van der Waals surface area contributed by atoms with E-state index >= 15 is 0 Å². The van der Waals surface area contributed by atoms with Crippen LogP contribution >= 0.6 is 27.5 Å². The number of nitrogens with two attached hydrogens (primary N) is 1. The number of anilines is 1. The molecule has 0 bridgehead atoms. The van der Waals surface area contributed by atoms with Gasteiger partial charge in [0.05, 0.1) is 10.7 Å². The maximum atomic E-state index is 12.8. The molecule has 0 aliphatic heterocycles. The number of benzene rings is 2. The van der Waals surface area contributed by atoms with Gasteiger partial charge in [0.15, 0.2) is 0 Å². The summed E-state index contributed by atoms with van der Waals surface area (Å²) >= 11 is 9.14. The molecule has 0 aromatic heterocycles. The van der Waals surface area contributed by atoms with Gasteiger partial charge in [-0.3, -0.25) is 0 Å². The van der Waals surface area contributed by atoms with Gasteiger partial charge in [0, 0.05) is 4.47 Å². The minimum absolute atomic E-state index is 0.201. The smallest absolute Gasteiger partial charge is 0.150 e. The lowest BCUT2D eigenvalue weighted by Gasteiger charge is -2.10. The van der Waals surface area contributed by atoms with E-state index in [1.165, 1.54) is 18.2 Å². The SMILES string of the molecule is Nc1cc(Br)ccc1Oc1ccc(F)cc1Cl. The summed E-state index contributed by atoms with van der Waals surface area (Å²) in [6, 6.07) is 9.14. The average molecular weight is 317 g/mol. The Kier molecular flexibility index (Phi) is 3.54. The van der Waals surface area contributed by atoms with Crippen LogP contribution in [0.2, 0.25) is 5.02 Å². The van der Waals surface area contributed by atoms with Crippen LogP contribution in [0.4, 0.5) is 10.1 Å². The molecule has 2 aromatic carbocycles. The summed E-state index contributed by atoms with van der Waals surface area (Å²) in [6.07, 6.45) is 0. The molecule has 0 saturated heterocycles. The Morgan fingerprint density at radius 1 is 1.12 bits per heavy atom. The summed E-state index contributed by atoms with van der Waals surface area (Å²) in [7, 11) is 0. The van der Waals surface area contributed by atoms with E-state index in [0.29, 0.717) is 17.2 Å². The summed E-state index contributed by atoms with van der Waals surface area (Å²) in [5.41, 5.74) is 6.25. The Morgan fingerprint density at radius 3 is 2.47 bits per heavy atom. The molecule has 0 spiro atoms. The summed E-state index contributed by atoms with van der Waals surface area (Å²) in [5, 5.41) is 0.201. The van der Waals surface area contributed by atoms with Gasteiger partial charge in [-0.1, -0.05) is 27.5 Å². The molecule has 0 fully saturated rings. The Morgan fingerprint density at radius 2 is 1.82 bits per heavy atom. The second kappa shape index (κ2) is 4.94. The van der Waals surface area contributed by atoms with Crippen LogP contribution in [-0.4, -0.2) is 0 Å². The zero-order chi connectivity index (χ0) is 12.4. The van der Waals surface area contributed by atoms with Gasteiger partial charge < -0.3 is 10.5 Å². The number of hydrogen-bond donors (Lipinski definition) is 1. The highest BCUT2D eigenvalue weighted by atomic mass is 79.9. The van der Waals surface area contributed by atoms with Gasteiger partial charge in [-0.05, 0) is 36.4 Å². The standard InChI is InChI=1S/C12H8BrClFNO/c13-7-1-3-12(10(16)5-7)17-11-4-2-8(15)6-9(11)14/h1-6H,16H2. The van der Waals surface area contributed by atoms with E-state index in [4.69, 9.17) is 22.1 Å². The Labute approximate surface area is 111 Å². The monoisotopic (exact) mass is 315 g/mol. The first-order chi connectivity index (χ1) is 8.06. The molecule has 2 rings (SSSR count). The van der Waals surface area contributed by atoms with E-state index in [9.17, 15) is 4.39 Å². The summed E-state index contributed by atoms with van der Waals surface area (Å²) in [5.74, 6) is 0.426. The molecule has 0 amide bonds. The third-order valence-corrected chi connectivity index (χ3v) is 2.87. The largest absolute Gasteiger partial charge is 0.454 e. The van der Waals surface area contributed by atoms with E-state index in [1.54, 1.807) is 18.2 Å². The molecule has 2 N–H and O–H groups in total. The highest BCUT2D eigenvalue weighted by Crippen LogP contribution is 2.33. The van der Waals surface area contributed by atoms with Crippen molar-refractivity contribution < 1.29 is 9.13 Å². The van der Waals surface area contributed by atoms with Crippen LogP contribution in [0.15, 0.2) is 40.9 Å². The molecule has 0 unspecified atom stereocenters. The van der Waals surface area contributed by atoms with Gasteiger partial charge in [-0.2, -0.15) is 0 Å². The summed E-state index contributed by atoms with van der Waals surface area (Å²) in [6.45, 7) is 0. The van der Waals surface area contributed by atoms with Gasteiger partial charge in [-0.15, -0.1) is 0 Å². The molecule has 2 aromatic rings. The van der Waals surface area contributed by atoms with E-state index in [1.807, 2.05) is 0 Å². The van der Waals surface area contributed by atoms with Crippen molar-refractivity contribution in [2.75, 3.05) is 5.73 Å². The molecule has 88 valence electrons. The van der Waals surface area contributed by atoms with Crippen molar-refractivity contribution in [2.45, 2.75) is 0 Å². The third kappa shape index (κ3) is 2.90. The summed E-state index contributed by atoms with van der Waals surface area (Å²) < 4.78 is 19.2. The average Bonchev–Trinajstić information content (AvgIpc) is 2.25. The van der Waals surface area contributed by atoms with E-state index in [0.717, 1.165) is 4.47 Å². The van der Waals surface area contributed by atoms with Gasteiger partial charge in [0.2, 0.25) is 0 Å². The molecule has 0 aliphatic rings. The molecule has 5 heteroatoms. The zero-order valence-corrected chi connectivity index (χ0v) is 10.9. The molecule has 2 nitrogen and oxygen atoms in total.